The minimum absolute atomic E-state index is 0.198. The second-order valence-electron chi connectivity index (χ2n) is 8.70. The van der Waals surface area contributed by atoms with Crippen LogP contribution in [0.2, 0.25) is 0 Å². The molecule has 1 aromatic heterocycles. The van der Waals surface area contributed by atoms with Crippen LogP contribution in [0.25, 0.3) is 33.8 Å². The first kappa shape index (κ1) is 23.8. The Labute approximate surface area is 214 Å². The van der Waals surface area contributed by atoms with Gasteiger partial charge >= 0.3 is 5.97 Å². The van der Waals surface area contributed by atoms with Crippen LogP contribution in [0.5, 0.6) is 0 Å². The summed E-state index contributed by atoms with van der Waals surface area (Å²) in [4.78, 5) is 24.5. The lowest BCUT2D eigenvalue weighted by atomic mass is 10.0. The second kappa shape index (κ2) is 10.7. The van der Waals surface area contributed by atoms with Crippen molar-refractivity contribution in [3.05, 3.63) is 127 Å². The van der Waals surface area contributed by atoms with Gasteiger partial charge in [0.1, 0.15) is 6.04 Å². The first-order valence-corrected chi connectivity index (χ1v) is 12.0. The lowest BCUT2D eigenvalue weighted by Gasteiger charge is -2.13. The van der Waals surface area contributed by atoms with Crippen molar-refractivity contribution in [3.8, 4) is 16.9 Å². The molecule has 0 aliphatic carbocycles. The Hall–Kier alpha value is -4.97. The molecule has 5 rings (SSSR count). The number of hydrogen-bond donors (Lipinski definition) is 2. The third-order valence-corrected chi connectivity index (χ3v) is 6.10. The van der Waals surface area contributed by atoms with Crippen LogP contribution in [0.3, 0.4) is 0 Å². The molecule has 0 aliphatic rings. The fraction of sp³-hybridized carbons (Fsp3) is 0.0645. The van der Waals surface area contributed by atoms with E-state index in [1.165, 1.54) is 6.08 Å². The molecule has 182 valence electrons. The largest absolute Gasteiger partial charge is 0.480 e. The molecular formula is C31H25N3O3. The van der Waals surface area contributed by atoms with Crippen LogP contribution in [-0.4, -0.2) is 32.8 Å². The van der Waals surface area contributed by atoms with Crippen molar-refractivity contribution in [2.45, 2.75) is 12.5 Å². The molecule has 6 nitrogen and oxygen atoms in total. The molecule has 0 unspecified atom stereocenters. The van der Waals surface area contributed by atoms with Gasteiger partial charge in [0.15, 0.2) is 0 Å². The van der Waals surface area contributed by atoms with Crippen molar-refractivity contribution in [2.75, 3.05) is 0 Å². The number of rotatable bonds is 8. The van der Waals surface area contributed by atoms with E-state index in [9.17, 15) is 14.7 Å². The van der Waals surface area contributed by atoms with Gasteiger partial charge in [-0.2, -0.15) is 5.10 Å². The quantitative estimate of drug-likeness (QED) is 0.282. The van der Waals surface area contributed by atoms with E-state index in [-0.39, 0.29) is 6.42 Å². The van der Waals surface area contributed by atoms with Crippen LogP contribution in [0.15, 0.2) is 115 Å². The number of carbonyl (C=O) groups excluding carboxylic acids is 1. The van der Waals surface area contributed by atoms with Crippen LogP contribution < -0.4 is 5.32 Å². The summed E-state index contributed by atoms with van der Waals surface area (Å²) >= 11 is 0. The van der Waals surface area contributed by atoms with Gasteiger partial charge in [0.25, 0.3) is 0 Å². The number of benzene rings is 4. The summed E-state index contributed by atoms with van der Waals surface area (Å²) in [6.07, 6.45) is 5.10. The fourth-order valence-corrected chi connectivity index (χ4v) is 4.22. The third kappa shape index (κ3) is 5.65. The summed E-state index contributed by atoms with van der Waals surface area (Å²) in [6, 6.07) is 32.2. The van der Waals surface area contributed by atoms with Crippen LogP contribution >= 0.6 is 0 Å². The van der Waals surface area contributed by atoms with Gasteiger partial charge in [0.2, 0.25) is 5.91 Å². The summed E-state index contributed by atoms with van der Waals surface area (Å²) in [5.41, 5.74) is 4.10. The predicted molar refractivity (Wildman–Crippen MR) is 145 cm³/mol. The van der Waals surface area contributed by atoms with Crippen LogP contribution in [0.1, 0.15) is 11.1 Å². The number of carbonyl (C=O) groups is 2. The number of carboxylic acids is 1. The van der Waals surface area contributed by atoms with E-state index in [1.54, 1.807) is 10.8 Å². The van der Waals surface area contributed by atoms with E-state index in [1.807, 2.05) is 91.1 Å². The highest BCUT2D eigenvalue weighted by atomic mass is 16.4. The minimum Gasteiger partial charge on any atom is -0.480 e. The van der Waals surface area contributed by atoms with Crippen molar-refractivity contribution < 1.29 is 14.7 Å². The zero-order valence-corrected chi connectivity index (χ0v) is 20.0. The SMILES string of the molecule is O=C(C=Cc1cn(-c2ccccc2)nc1-c1ccc2ccccc2c1)N[C@@H](Cc1ccccc1)C(=O)O. The van der Waals surface area contributed by atoms with E-state index in [2.05, 4.69) is 23.5 Å². The van der Waals surface area contributed by atoms with E-state index < -0.39 is 17.9 Å². The zero-order valence-electron chi connectivity index (χ0n) is 20.0. The van der Waals surface area contributed by atoms with Crippen molar-refractivity contribution in [1.82, 2.24) is 15.1 Å². The molecule has 2 N–H and O–H groups in total. The molecule has 0 radical (unpaired) electrons. The third-order valence-electron chi connectivity index (χ3n) is 6.10. The molecule has 0 saturated heterocycles. The average Bonchev–Trinajstić information content (AvgIpc) is 3.37. The lowest BCUT2D eigenvalue weighted by molar-refractivity contribution is -0.141. The molecule has 5 aromatic rings. The molecule has 1 atom stereocenters. The number of amides is 1. The Balaban J connectivity index is 1.44. The maximum absolute atomic E-state index is 12.7. The van der Waals surface area contributed by atoms with Gasteiger partial charge in [-0.15, -0.1) is 0 Å². The highest BCUT2D eigenvalue weighted by molar-refractivity contribution is 5.95. The molecule has 0 saturated carbocycles. The normalized spacial score (nSPS) is 12.0. The first-order chi connectivity index (χ1) is 18.1. The Morgan fingerprint density at radius 3 is 2.27 bits per heavy atom. The summed E-state index contributed by atoms with van der Waals surface area (Å²) < 4.78 is 1.78. The molecular weight excluding hydrogens is 462 g/mol. The molecule has 4 aromatic carbocycles. The smallest absolute Gasteiger partial charge is 0.326 e. The number of aliphatic carboxylic acids is 1. The van der Waals surface area contributed by atoms with E-state index in [0.29, 0.717) is 0 Å². The van der Waals surface area contributed by atoms with Gasteiger partial charge in [0, 0.05) is 29.8 Å². The van der Waals surface area contributed by atoms with E-state index in [0.717, 1.165) is 38.8 Å². The van der Waals surface area contributed by atoms with Crippen molar-refractivity contribution >= 4 is 28.7 Å². The van der Waals surface area contributed by atoms with Gasteiger partial charge in [-0.25, -0.2) is 9.48 Å². The number of carboxylic acid groups (broad SMARTS) is 1. The summed E-state index contributed by atoms with van der Waals surface area (Å²) in [5.74, 6) is -1.57. The highest BCUT2D eigenvalue weighted by Gasteiger charge is 2.19. The Bertz CT molecular complexity index is 1570. The number of nitrogens with zero attached hydrogens (tertiary/aromatic N) is 2. The van der Waals surface area contributed by atoms with Crippen molar-refractivity contribution in [1.29, 1.82) is 0 Å². The fourth-order valence-electron chi connectivity index (χ4n) is 4.22. The molecule has 1 amide bonds. The minimum atomic E-state index is -1.08. The van der Waals surface area contributed by atoms with E-state index in [4.69, 9.17) is 5.10 Å². The Morgan fingerprint density at radius 2 is 1.54 bits per heavy atom. The Morgan fingerprint density at radius 1 is 0.865 bits per heavy atom. The number of hydrogen-bond acceptors (Lipinski definition) is 3. The Kier molecular flexibility index (Phi) is 6.90. The van der Waals surface area contributed by atoms with Crippen molar-refractivity contribution in [2.24, 2.45) is 0 Å². The van der Waals surface area contributed by atoms with Crippen LogP contribution in [-0.2, 0) is 16.0 Å². The number of fused-ring (bicyclic) bond motifs is 1. The second-order valence-corrected chi connectivity index (χ2v) is 8.70. The summed E-state index contributed by atoms with van der Waals surface area (Å²) in [5, 5.41) is 19.3. The number of nitrogens with one attached hydrogen (secondary N) is 1. The molecule has 6 heteroatoms. The molecule has 0 bridgehead atoms. The van der Waals surface area contributed by atoms with E-state index >= 15 is 0 Å². The van der Waals surface area contributed by atoms with Gasteiger partial charge in [-0.3, -0.25) is 4.79 Å². The molecule has 0 spiro atoms. The lowest BCUT2D eigenvalue weighted by Crippen LogP contribution is -2.41. The number of aromatic nitrogens is 2. The van der Waals surface area contributed by atoms with Gasteiger partial charge in [-0.05, 0) is 40.6 Å². The van der Waals surface area contributed by atoms with Crippen molar-refractivity contribution in [3.63, 3.8) is 0 Å². The predicted octanol–water partition coefficient (Wildman–Crippen LogP) is 5.52. The standard InChI is InChI=1S/C31H25N3O3/c35-29(32-28(31(36)37)19-22-9-3-1-4-10-22)18-17-26-21-34(27-13-5-2-6-14-27)33-30(26)25-16-15-23-11-7-8-12-24(23)20-25/h1-18,20-21,28H,19H2,(H,32,35)(H,36,37)/t28-/m0/s1. The molecule has 0 fully saturated rings. The summed E-state index contributed by atoms with van der Waals surface area (Å²) in [7, 11) is 0. The van der Waals surface area contributed by atoms with Gasteiger partial charge < -0.3 is 10.4 Å². The first-order valence-electron chi connectivity index (χ1n) is 12.0. The van der Waals surface area contributed by atoms with Gasteiger partial charge in [-0.1, -0.05) is 84.9 Å². The maximum atomic E-state index is 12.7. The van der Waals surface area contributed by atoms with Crippen LogP contribution in [0, 0.1) is 0 Å². The van der Waals surface area contributed by atoms with Crippen LogP contribution in [0.4, 0.5) is 0 Å². The molecule has 37 heavy (non-hydrogen) atoms. The highest BCUT2D eigenvalue weighted by Crippen LogP contribution is 2.28. The summed E-state index contributed by atoms with van der Waals surface area (Å²) in [6.45, 7) is 0. The zero-order chi connectivity index (χ0) is 25.6. The number of para-hydroxylation sites is 1. The topological polar surface area (TPSA) is 84.2 Å². The molecule has 1 heterocycles. The maximum Gasteiger partial charge on any atom is 0.326 e. The molecule has 0 aliphatic heterocycles. The average molecular weight is 488 g/mol. The monoisotopic (exact) mass is 487 g/mol. The van der Waals surface area contributed by atoms with Gasteiger partial charge in [0.05, 0.1) is 11.4 Å².